The topological polar surface area (TPSA) is 50.4 Å². The quantitative estimate of drug-likeness (QED) is 0.709. The molecule has 0 aromatic heterocycles. The van der Waals surface area contributed by atoms with E-state index in [0.29, 0.717) is 23.8 Å². The highest BCUT2D eigenvalue weighted by Gasteiger charge is 2.30. The van der Waals surface area contributed by atoms with Crippen molar-refractivity contribution in [3.63, 3.8) is 0 Å². The summed E-state index contributed by atoms with van der Waals surface area (Å²) in [6.45, 7) is 4.62. The monoisotopic (exact) mass is 396 g/mol. The fourth-order valence-electron chi connectivity index (χ4n) is 2.08. The van der Waals surface area contributed by atoms with Gasteiger partial charge in [0.25, 0.3) is 5.91 Å². The van der Waals surface area contributed by atoms with Crippen LogP contribution in [0.2, 0.25) is 0 Å². The third-order valence-electron chi connectivity index (χ3n) is 3.37. The number of ether oxygens (including phenoxy) is 1. The number of hydrogen-bond donors (Lipinski definition) is 2. The van der Waals surface area contributed by atoms with Crippen LogP contribution < -0.4 is 15.4 Å². The van der Waals surface area contributed by atoms with Crippen LogP contribution in [-0.2, 0) is 6.18 Å². The molecule has 0 saturated heterocycles. The number of hydrogen-bond acceptors (Lipinski definition) is 3. The Morgan fingerprint density at radius 2 is 1.81 bits per heavy atom. The molecule has 144 valence electrons. The molecule has 27 heavy (non-hydrogen) atoms. The highest BCUT2D eigenvalue weighted by atomic mass is 32.1. The molecule has 2 aromatic rings. The molecule has 8 heteroatoms. The van der Waals surface area contributed by atoms with Gasteiger partial charge in [-0.25, -0.2) is 0 Å². The van der Waals surface area contributed by atoms with Crippen molar-refractivity contribution < 1.29 is 22.7 Å². The molecule has 0 aliphatic carbocycles. The van der Waals surface area contributed by atoms with Crippen molar-refractivity contribution in [3.8, 4) is 5.75 Å². The van der Waals surface area contributed by atoms with E-state index in [0.717, 1.165) is 12.1 Å². The van der Waals surface area contributed by atoms with Crippen LogP contribution in [0.15, 0.2) is 48.5 Å². The molecular formula is C19H19F3N2O2S. The van der Waals surface area contributed by atoms with Gasteiger partial charge >= 0.3 is 6.18 Å². The van der Waals surface area contributed by atoms with Gasteiger partial charge in [0.2, 0.25) is 0 Å². The number of carbonyl (C=O) groups excluding carboxylic acids is 1. The summed E-state index contributed by atoms with van der Waals surface area (Å²) in [6.07, 6.45) is -4.46. The fourth-order valence-corrected chi connectivity index (χ4v) is 2.29. The molecule has 0 radical (unpaired) electrons. The first-order valence-electron chi connectivity index (χ1n) is 8.17. The molecule has 2 N–H and O–H groups in total. The maximum atomic E-state index is 12.7. The number of nitrogens with one attached hydrogen (secondary N) is 2. The van der Waals surface area contributed by atoms with Crippen LogP contribution in [-0.4, -0.2) is 17.6 Å². The highest BCUT2D eigenvalue weighted by Crippen LogP contribution is 2.30. The van der Waals surface area contributed by atoms with Crippen LogP contribution in [0.4, 0.5) is 18.9 Å². The Labute approximate surface area is 160 Å². The van der Waals surface area contributed by atoms with Crippen LogP contribution in [0.5, 0.6) is 5.75 Å². The Morgan fingerprint density at radius 3 is 2.41 bits per heavy atom. The summed E-state index contributed by atoms with van der Waals surface area (Å²) in [5.74, 6) is 0.548. The lowest BCUT2D eigenvalue weighted by Crippen LogP contribution is -2.34. The van der Waals surface area contributed by atoms with Crippen LogP contribution in [0.3, 0.4) is 0 Å². The van der Waals surface area contributed by atoms with E-state index < -0.39 is 17.6 Å². The maximum Gasteiger partial charge on any atom is 0.416 e. The normalized spacial score (nSPS) is 11.2. The zero-order chi connectivity index (χ0) is 20.0. The number of halogens is 3. The number of rotatable bonds is 5. The second-order valence-corrected chi connectivity index (χ2v) is 6.62. The van der Waals surface area contributed by atoms with Gasteiger partial charge in [0, 0.05) is 11.3 Å². The lowest BCUT2D eigenvalue weighted by molar-refractivity contribution is -0.137. The largest absolute Gasteiger partial charge is 0.493 e. The van der Waals surface area contributed by atoms with Crippen LogP contribution in [0.25, 0.3) is 0 Å². The maximum absolute atomic E-state index is 12.7. The van der Waals surface area contributed by atoms with Crippen LogP contribution >= 0.6 is 12.2 Å². The van der Waals surface area contributed by atoms with E-state index in [1.54, 1.807) is 24.3 Å². The average Bonchev–Trinajstić information content (AvgIpc) is 2.59. The van der Waals surface area contributed by atoms with Gasteiger partial charge in [-0.3, -0.25) is 10.1 Å². The molecule has 0 aliphatic rings. The molecule has 0 heterocycles. The minimum Gasteiger partial charge on any atom is -0.493 e. The molecule has 2 rings (SSSR count). The smallest absolute Gasteiger partial charge is 0.416 e. The summed E-state index contributed by atoms with van der Waals surface area (Å²) < 4.78 is 43.7. The number of alkyl halides is 3. The van der Waals surface area contributed by atoms with Gasteiger partial charge in [0.05, 0.1) is 12.2 Å². The SMILES string of the molecule is CC(C)COc1ccc(C(=O)NC(=S)Nc2cccc(C(F)(F)F)c2)cc1. The summed E-state index contributed by atoms with van der Waals surface area (Å²) in [5.41, 5.74) is -0.328. The Bertz CT molecular complexity index is 805. The van der Waals surface area contributed by atoms with Gasteiger partial charge < -0.3 is 10.1 Å². The molecule has 0 spiro atoms. The fraction of sp³-hybridized carbons (Fsp3) is 0.263. The first-order valence-corrected chi connectivity index (χ1v) is 8.58. The van der Waals surface area contributed by atoms with Gasteiger partial charge in [0.15, 0.2) is 5.11 Å². The van der Waals surface area contributed by atoms with Gasteiger partial charge in [-0.05, 0) is 60.6 Å². The summed E-state index contributed by atoms with van der Waals surface area (Å²) in [7, 11) is 0. The molecule has 0 aliphatic heterocycles. The van der Waals surface area contributed by atoms with E-state index in [-0.39, 0.29) is 10.8 Å². The lowest BCUT2D eigenvalue weighted by atomic mass is 10.2. The van der Waals surface area contributed by atoms with E-state index in [1.165, 1.54) is 12.1 Å². The number of thiocarbonyl (C=S) groups is 1. The summed E-state index contributed by atoms with van der Waals surface area (Å²) in [5, 5.41) is 4.91. The molecule has 0 bridgehead atoms. The number of carbonyl (C=O) groups is 1. The zero-order valence-electron chi connectivity index (χ0n) is 14.8. The van der Waals surface area contributed by atoms with Crippen molar-refractivity contribution >= 4 is 28.9 Å². The molecule has 0 saturated carbocycles. The third kappa shape index (κ3) is 6.56. The van der Waals surface area contributed by atoms with Gasteiger partial charge in [0.1, 0.15) is 5.75 Å². The Kier molecular flexibility index (Phi) is 6.79. The molecule has 0 atom stereocenters. The predicted octanol–water partition coefficient (Wildman–Crippen LogP) is 4.87. The Morgan fingerprint density at radius 1 is 1.15 bits per heavy atom. The number of anilines is 1. The van der Waals surface area contributed by atoms with Crippen molar-refractivity contribution in [2.24, 2.45) is 5.92 Å². The second-order valence-electron chi connectivity index (χ2n) is 6.22. The standard InChI is InChI=1S/C19H19F3N2O2S/c1-12(2)11-26-16-8-6-13(7-9-16)17(25)24-18(27)23-15-5-3-4-14(10-15)19(20,21)22/h3-10,12H,11H2,1-2H3,(H2,23,24,25,27). The van der Waals surface area contributed by atoms with Crippen LogP contribution in [0.1, 0.15) is 29.8 Å². The highest BCUT2D eigenvalue weighted by molar-refractivity contribution is 7.80. The van der Waals surface area contributed by atoms with Crippen molar-refractivity contribution in [2.75, 3.05) is 11.9 Å². The van der Waals surface area contributed by atoms with E-state index >= 15 is 0 Å². The van der Waals surface area contributed by atoms with Gasteiger partial charge in [-0.15, -0.1) is 0 Å². The third-order valence-corrected chi connectivity index (χ3v) is 3.58. The number of benzene rings is 2. The Hall–Kier alpha value is -2.61. The van der Waals surface area contributed by atoms with Crippen molar-refractivity contribution in [1.82, 2.24) is 5.32 Å². The van der Waals surface area contributed by atoms with Crippen molar-refractivity contribution in [2.45, 2.75) is 20.0 Å². The molecule has 1 amide bonds. The minimum absolute atomic E-state index is 0.0977. The van der Waals surface area contributed by atoms with E-state index in [4.69, 9.17) is 17.0 Å². The van der Waals surface area contributed by atoms with Gasteiger partial charge in [-0.2, -0.15) is 13.2 Å². The average molecular weight is 396 g/mol. The molecule has 0 unspecified atom stereocenters. The zero-order valence-corrected chi connectivity index (χ0v) is 15.6. The number of amides is 1. The second kappa shape index (κ2) is 8.85. The first-order chi connectivity index (χ1) is 12.6. The predicted molar refractivity (Wildman–Crippen MR) is 102 cm³/mol. The van der Waals surface area contributed by atoms with Crippen molar-refractivity contribution in [1.29, 1.82) is 0 Å². The molecule has 4 nitrogen and oxygen atoms in total. The van der Waals surface area contributed by atoms with E-state index in [1.807, 2.05) is 13.8 Å². The summed E-state index contributed by atoms with van der Waals surface area (Å²) in [4.78, 5) is 12.2. The van der Waals surface area contributed by atoms with Crippen LogP contribution in [0, 0.1) is 5.92 Å². The minimum atomic E-state index is -4.46. The summed E-state index contributed by atoms with van der Waals surface area (Å²) >= 11 is 5.00. The molecular weight excluding hydrogens is 377 g/mol. The lowest BCUT2D eigenvalue weighted by Gasteiger charge is -2.12. The van der Waals surface area contributed by atoms with E-state index in [9.17, 15) is 18.0 Å². The van der Waals surface area contributed by atoms with Crippen molar-refractivity contribution in [3.05, 3.63) is 59.7 Å². The first kappa shape index (κ1) is 20.7. The van der Waals surface area contributed by atoms with Gasteiger partial charge in [-0.1, -0.05) is 19.9 Å². The Balaban J connectivity index is 1.94. The molecule has 2 aromatic carbocycles. The summed E-state index contributed by atoms with van der Waals surface area (Å²) in [6, 6.07) is 11.0. The van der Waals surface area contributed by atoms with E-state index in [2.05, 4.69) is 10.6 Å². The molecule has 0 fully saturated rings.